The van der Waals surface area contributed by atoms with E-state index in [0.29, 0.717) is 53.6 Å². The van der Waals surface area contributed by atoms with Crippen molar-refractivity contribution < 1.29 is 14.6 Å². The van der Waals surface area contributed by atoms with E-state index in [-0.39, 0.29) is 12.7 Å². The first-order valence-electron chi connectivity index (χ1n) is 11.4. The van der Waals surface area contributed by atoms with Crippen LogP contribution in [-0.2, 0) is 10.2 Å². The van der Waals surface area contributed by atoms with Crippen molar-refractivity contribution in [3.8, 4) is 23.2 Å². The summed E-state index contributed by atoms with van der Waals surface area (Å²) in [4.78, 5) is 13.4. The van der Waals surface area contributed by atoms with E-state index in [1.807, 2.05) is 13.0 Å². The maximum Gasteiger partial charge on any atom is 0.238 e. The zero-order valence-electron chi connectivity index (χ0n) is 19.2. The fourth-order valence-electron chi connectivity index (χ4n) is 4.33. The number of fused-ring (bicyclic) bond motifs is 1. The summed E-state index contributed by atoms with van der Waals surface area (Å²) in [7, 11) is 0. The van der Waals surface area contributed by atoms with Gasteiger partial charge in [-0.15, -0.1) is 0 Å². The Balaban J connectivity index is 1.46. The van der Waals surface area contributed by atoms with Gasteiger partial charge >= 0.3 is 0 Å². The van der Waals surface area contributed by atoms with Crippen molar-refractivity contribution in [1.29, 1.82) is 5.26 Å². The second-order valence-electron chi connectivity index (χ2n) is 8.96. The lowest BCUT2D eigenvalue weighted by atomic mass is 9.83. The molecule has 35 heavy (non-hydrogen) atoms. The van der Waals surface area contributed by atoms with Gasteiger partial charge in [0.2, 0.25) is 11.8 Å². The Kier molecular flexibility index (Phi) is 6.43. The van der Waals surface area contributed by atoms with Crippen LogP contribution in [0.2, 0.25) is 5.02 Å². The molecule has 4 heterocycles. The van der Waals surface area contributed by atoms with Gasteiger partial charge < -0.3 is 25.2 Å². The number of rotatable bonds is 6. The molecular weight excluding hydrogens is 468 g/mol. The molecule has 0 amide bonds. The first kappa shape index (κ1) is 23.3. The van der Waals surface area contributed by atoms with Crippen LogP contribution in [0.4, 0.5) is 17.3 Å². The van der Waals surface area contributed by atoms with Crippen LogP contribution in [0, 0.1) is 11.3 Å². The average molecular weight is 493 g/mol. The van der Waals surface area contributed by atoms with Crippen LogP contribution in [0.25, 0.3) is 11.3 Å². The molecule has 1 saturated heterocycles. The minimum atomic E-state index is -0.478. The average Bonchev–Trinajstić information content (AvgIpc) is 3.23. The summed E-state index contributed by atoms with van der Waals surface area (Å²) < 4.78 is 11.5. The zero-order chi connectivity index (χ0) is 24.4. The fourth-order valence-corrected chi connectivity index (χ4v) is 4.48. The fraction of sp³-hybridized carbons (Fsp3) is 0.360. The first-order chi connectivity index (χ1) is 17.0. The number of aromatic nitrogens is 3. The number of hydrogen-bond donors (Lipinski definition) is 3. The molecule has 0 unspecified atom stereocenters. The molecule has 3 aromatic rings. The molecule has 180 valence electrons. The standard InChI is InChI=1S/C25H25ClN6O3/c1-25(14-33)13-30-22-16(11-27)8-15(9-19(22)25)20-2-5-28-24(31-20)32-21-10-17(26)12-29-23(21)35-18-3-6-34-7-4-18/h2,5,8-10,12,18,30,33H,3-4,6-7,13-14H2,1H3,(H,28,31,32)/t25-/m1/s1. The summed E-state index contributed by atoms with van der Waals surface area (Å²) in [5, 5.41) is 26.6. The maximum absolute atomic E-state index is 9.98. The number of nitriles is 1. The predicted molar refractivity (Wildman–Crippen MR) is 132 cm³/mol. The largest absolute Gasteiger partial charge is 0.473 e. The third-order valence-corrected chi connectivity index (χ3v) is 6.58. The molecule has 0 spiro atoms. The van der Waals surface area contributed by atoms with Gasteiger partial charge in [-0.2, -0.15) is 5.26 Å². The summed E-state index contributed by atoms with van der Waals surface area (Å²) >= 11 is 6.21. The van der Waals surface area contributed by atoms with Crippen LogP contribution in [0.5, 0.6) is 5.88 Å². The van der Waals surface area contributed by atoms with E-state index >= 15 is 0 Å². The number of hydrogen-bond acceptors (Lipinski definition) is 9. The number of halogens is 1. The van der Waals surface area contributed by atoms with E-state index in [1.165, 1.54) is 0 Å². The lowest BCUT2D eigenvalue weighted by Crippen LogP contribution is -2.28. The third-order valence-electron chi connectivity index (χ3n) is 6.38. The van der Waals surface area contributed by atoms with Gasteiger partial charge in [0.25, 0.3) is 0 Å². The van der Waals surface area contributed by atoms with Crippen molar-refractivity contribution in [2.75, 3.05) is 37.0 Å². The summed E-state index contributed by atoms with van der Waals surface area (Å²) in [5.41, 5.74) is 3.65. The summed E-state index contributed by atoms with van der Waals surface area (Å²) in [5.74, 6) is 0.759. The Bertz CT molecular complexity index is 1290. The van der Waals surface area contributed by atoms with Crippen molar-refractivity contribution in [2.45, 2.75) is 31.3 Å². The molecule has 0 bridgehead atoms. The van der Waals surface area contributed by atoms with Crippen LogP contribution in [0.1, 0.15) is 30.9 Å². The van der Waals surface area contributed by atoms with E-state index in [4.69, 9.17) is 21.1 Å². The molecule has 0 saturated carbocycles. The second-order valence-corrected chi connectivity index (χ2v) is 9.39. The molecule has 1 aromatic carbocycles. The number of aliphatic hydroxyl groups excluding tert-OH is 1. The van der Waals surface area contributed by atoms with Gasteiger partial charge in [0, 0.05) is 42.8 Å². The van der Waals surface area contributed by atoms with E-state index in [2.05, 4.69) is 31.7 Å². The van der Waals surface area contributed by atoms with Gasteiger partial charge in [-0.25, -0.2) is 15.0 Å². The highest BCUT2D eigenvalue weighted by Crippen LogP contribution is 2.41. The predicted octanol–water partition coefficient (Wildman–Crippen LogP) is 4.04. The normalized spacial score (nSPS) is 19.5. The maximum atomic E-state index is 9.98. The molecule has 2 aromatic heterocycles. The number of aliphatic hydroxyl groups is 1. The van der Waals surface area contributed by atoms with Gasteiger partial charge in [-0.3, -0.25) is 0 Å². The van der Waals surface area contributed by atoms with E-state index in [1.54, 1.807) is 30.6 Å². The SMILES string of the molecule is C[C@]1(CO)CNc2c(C#N)cc(-c3ccnc(Nc4cc(Cl)cnc4OC4CCOCC4)n3)cc21. The Morgan fingerprint density at radius 3 is 2.91 bits per heavy atom. The molecular formula is C25H25ClN6O3. The number of benzene rings is 1. The van der Waals surface area contributed by atoms with Crippen LogP contribution in [0.15, 0.2) is 36.7 Å². The summed E-state index contributed by atoms with van der Waals surface area (Å²) in [6.07, 6.45) is 4.77. The van der Waals surface area contributed by atoms with Crippen LogP contribution >= 0.6 is 11.6 Å². The van der Waals surface area contributed by atoms with Crippen molar-refractivity contribution in [1.82, 2.24) is 15.0 Å². The Hall–Kier alpha value is -3.45. The molecule has 1 atom stereocenters. The molecule has 2 aliphatic rings. The summed E-state index contributed by atoms with van der Waals surface area (Å²) in [6, 6.07) is 9.52. The number of nitrogens with one attached hydrogen (secondary N) is 2. The highest BCUT2D eigenvalue weighted by Gasteiger charge is 2.36. The van der Waals surface area contributed by atoms with Crippen molar-refractivity contribution in [3.63, 3.8) is 0 Å². The molecule has 9 nitrogen and oxygen atoms in total. The number of anilines is 3. The first-order valence-corrected chi connectivity index (χ1v) is 11.8. The lowest BCUT2D eigenvalue weighted by Gasteiger charge is -2.24. The molecule has 1 fully saturated rings. The van der Waals surface area contributed by atoms with Gasteiger partial charge in [0.05, 0.1) is 41.8 Å². The van der Waals surface area contributed by atoms with Gasteiger partial charge in [0.15, 0.2) is 0 Å². The topological polar surface area (TPSA) is 125 Å². The Morgan fingerprint density at radius 1 is 1.31 bits per heavy atom. The molecule has 0 radical (unpaired) electrons. The van der Waals surface area contributed by atoms with Gasteiger partial charge in [0.1, 0.15) is 17.9 Å². The van der Waals surface area contributed by atoms with Crippen LogP contribution < -0.4 is 15.4 Å². The molecule has 3 N–H and O–H groups in total. The quantitative estimate of drug-likeness (QED) is 0.467. The minimum absolute atomic E-state index is 0.00971. The van der Waals surface area contributed by atoms with Crippen LogP contribution in [0.3, 0.4) is 0 Å². The molecule has 2 aliphatic heterocycles. The third kappa shape index (κ3) is 4.73. The van der Waals surface area contributed by atoms with Crippen molar-refractivity contribution in [2.24, 2.45) is 0 Å². The van der Waals surface area contributed by atoms with E-state index in [0.717, 1.165) is 29.7 Å². The summed E-state index contributed by atoms with van der Waals surface area (Å²) in [6.45, 7) is 3.81. The monoisotopic (exact) mass is 492 g/mol. The Morgan fingerprint density at radius 2 is 2.14 bits per heavy atom. The highest BCUT2D eigenvalue weighted by molar-refractivity contribution is 6.30. The van der Waals surface area contributed by atoms with Gasteiger partial charge in [-0.05, 0) is 29.8 Å². The molecule has 0 aliphatic carbocycles. The van der Waals surface area contributed by atoms with Gasteiger partial charge in [-0.1, -0.05) is 18.5 Å². The van der Waals surface area contributed by atoms with Crippen molar-refractivity contribution in [3.05, 3.63) is 52.8 Å². The number of ether oxygens (including phenoxy) is 2. The molecule has 5 rings (SSSR count). The highest BCUT2D eigenvalue weighted by atomic mass is 35.5. The smallest absolute Gasteiger partial charge is 0.238 e. The minimum Gasteiger partial charge on any atom is -0.473 e. The van der Waals surface area contributed by atoms with Crippen LogP contribution in [-0.4, -0.2) is 52.5 Å². The lowest BCUT2D eigenvalue weighted by molar-refractivity contribution is 0.0240. The molecule has 10 heteroatoms. The number of pyridine rings is 1. The Labute approximate surface area is 208 Å². The van der Waals surface area contributed by atoms with Crippen molar-refractivity contribution >= 4 is 28.9 Å². The van der Waals surface area contributed by atoms with E-state index in [9.17, 15) is 10.4 Å². The number of nitrogens with zero attached hydrogens (tertiary/aromatic N) is 4. The second kappa shape index (κ2) is 9.66. The van der Waals surface area contributed by atoms with E-state index < -0.39 is 5.41 Å². The zero-order valence-corrected chi connectivity index (χ0v) is 20.0.